The second-order valence-corrected chi connectivity index (χ2v) is 10.3. The number of hydrogen-bond acceptors (Lipinski definition) is 10. The van der Waals surface area contributed by atoms with E-state index < -0.39 is 23.7 Å². The fourth-order valence-corrected chi connectivity index (χ4v) is 5.44. The minimum atomic E-state index is -1.15. The van der Waals surface area contributed by atoms with Crippen LogP contribution in [0.3, 0.4) is 0 Å². The average molecular weight is 593 g/mol. The number of benzene rings is 2. The number of aliphatic hydroxyl groups excluding tert-OH is 1. The molecule has 2 heterocycles. The number of esters is 1. The van der Waals surface area contributed by atoms with Crippen molar-refractivity contribution >= 4 is 39.9 Å². The fraction of sp³-hybridized carbons (Fsp3) is 0.290. The highest BCUT2D eigenvalue weighted by Crippen LogP contribution is 2.47. The predicted octanol–water partition coefficient (Wildman–Crippen LogP) is 5.62. The van der Waals surface area contributed by atoms with E-state index in [1.54, 1.807) is 49.4 Å². The molecule has 1 aliphatic heterocycles. The van der Waals surface area contributed by atoms with Crippen molar-refractivity contribution in [1.82, 2.24) is 4.98 Å². The van der Waals surface area contributed by atoms with E-state index in [1.807, 2.05) is 0 Å². The van der Waals surface area contributed by atoms with Crippen molar-refractivity contribution in [3.05, 3.63) is 82.4 Å². The molecule has 3 aromatic rings. The maximum Gasteiger partial charge on any atom is 0.350 e. The quantitative estimate of drug-likeness (QED) is 0.0713. The number of rotatable bonds is 12. The number of hydrogen-bond donors (Lipinski definition) is 1. The van der Waals surface area contributed by atoms with E-state index in [2.05, 4.69) is 18.5 Å². The van der Waals surface area contributed by atoms with Crippen molar-refractivity contribution in [2.45, 2.75) is 32.7 Å². The molecule has 1 aliphatic rings. The number of unbranched alkanes of at least 4 members (excludes halogenated alkanes) is 1. The Morgan fingerprint density at radius 3 is 2.48 bits per heavy atom. The van der Waals surface area contributed by atoms with Gasteiger partial charge in [0.2, 0.25) is 0 Å². The first-order chi connectivity index (χ1) is 20.2. The summed E-state index contributed by atoms with van der Waals surface area (Å²) in [5.41, 5.74) is 0.836. The van der Waals surface area contributed by atoms with Gasteiger partial charge in [0.05, 0.1) is 32.1 Å². The van der Waals surface area contributed by atoms with Crippen LogP contribution < -0.4 is 19.1 Å². The zero-order valence-corrected chi connectivity index (χ0v) is 24.7. The number of aromatic nitrogens is 1. The molecule has 10 nitrogen and oxygen atoms in total. The van der Waals surface area contributed by atoms with Gasteiger partial charge in [0.15, 0.2) is 5.13 Å². The van der Waals surface area contributed by atoms with Gasteiger partial charge in [-0.05, 0) is 55.8 Å². The molecule has 1 atom stereocenters. The van der Waals surface area contributed by atoms with Crippen molar-refractivity contribution in [2.24, 2.45) is 0 Å². The highest BCUT2D eigenvalue weighted by Gasteiger charge is 2.49. The Balaban J connectivity index is 1.88. The van der Waals surface area contributed by atoms with Crippen LogP contribution in [-0.2, 0) is 14.3 Å². The molecule has 1 unspecified atom stereocenters. The Morgan fingerprint density at radius 2 is 1.83 bits per heavy atom. The van der Waals surface area contributed by atoms with Crippen molar-refractivity contribution < 1.29 is 38.4 Å². The van der Waals surface area contributed by atoms with E-state index in [9.17, 15) is 19.5 Å². The monoisotopic (exact) mass is 592 g/mol. The molecule has 0 aliphatic carbocycles. The van der Waals surface area contributed by atoms with E-state index >= 15 is 0 Å². The van der Waals surface area contributed by atoms with Gasteiger partial charge >= 0.3 is 11.9 Å². The number of methoxy groups -OCH3 is 2. The lowest BCUT2D eigenvalue weighted by Gasteiger charge is -2.25. The summed E-state index contributed by atoms with van der Waals surface area (Å²) < 4.78 is 21.9. The number of aryl methyl sites for hydroxylation is 1. The van der Waals surface area contributed by atoms with E-state index in [1.165, 1.54) is 20.3 Å². The molecule has 1 N–H and O–H groups in total. The van der Waals surface area contributed by atoms with Crippen molar-refractivity contribution in [2.75, 3.05) is 32.3 Å². The van der Waals surface area contributed by atoms with Gasteiger partial charge in [-0.2, -0.15) is 0 Å². The first-order valence-electron chi connectivity index (χ1n) is 13.3. The number of amides is 1. The Morgan fingerprint density at radius 1 is 1.12 bits per heavy atom. The number of anilines is 1. The normalized spacial score (nSPS) is 15.9. The molecule has 1 saturated heterocycles. The van der Waals surface area contributed by atoms with Crippen LogP contribution in [0.15, 0.2) is 60.7 Å². The first kappa shape index (κ1) is 30.3. The van der Waals surface area contributed by atoms with Crippen LogP contribution in [0.1, 0.15) is 52.3 Å². The van der Waals surface area contributed by atoms with Crippen LogP contribution in [0.2, 0.25) is 0 Å². The standard InChI is InChI=1S/C31H32N2O8S/c1-6-8-16-40-20-11-9-19(10-12-20)26(34)24-25(22-17-21(38-4)13-14-23(22)39-5)33(29(36)27(24)35)31-32-18(3)28(42-31)30(37)41-15-7-2/h7,9-14,17,25,34H,2,6,8,15-16H2,1,3-5H3/b26-24+. The Hall–Kier alpha value is -4.64. The number of nitrogens with zero attached hydrogens (tertiary/aromatic N) is 2. The fourth-order valence-electron chi connectivity index (χ4n) is 4.45. The number of ketones is 1. The van der Waals surface area contributed by atoms with Crippen LogP contribution in [0.5, 0.6) is 17.2 Å². The number of thiazole rings is 1. The molecule has 1 fully saturated rings. The highest BCUT2D eigenvalue weighted by atomic mass is 32.1. The Labute approximate surface area is 247 Å². The molecule has 1 aromatic heterocycles. The van der Waals surface area contributed by atoms with Crippen LogP contribution in [0.25, 0.3) is 5.76 Å². The summed E-state index contributed by atoms with van der Waals surface area (Å²) in [7, 11) is 2.94. The molecule has 2 aromatic carbocycles. The molecular formula is C31H32N2O8S. The van der Waals surface area contributed by atoms with Crippen molar-refractivity contribution in [3.63, 3.8) is 0 Å². The lowest BCUT2D eigenvalue weighted by molar-refractivity contribution is -0.132. The highest BCUT2D eigenvalue weighted by molar-refractivity contribution is 7.17. The van der Waals surface area contributed by atoms with Crippen molar-refractivity contribution in [1.29, 1.82) is 0 Å². The largest absolute Gasteiger partial charge is 0.507 e. The first-order valence-corrected chi connectivity index (χ1v) is 14.1. The number of ether oxygens (including phenoxy) is 4. The number of carbonyl (C=O) groups excluding carboxylic acids is 3. The summed E-state index contributed by atoms with van der Waals surface area (Å²) in [5.74, 6) is -1.47. The minimum absolute atomic E-state index is 0.000532. The maximum absolute atomic E-state index is 13.6. The Bertz CT molecular complexity index is 1530. The van der Waals surface area contributed by atoms with Gasteiger partial charge in [-0.15, -0.1) is 0 Å². The molecule has 0 spiro atoms. The molecule has 220 valence electrons. The summed E-state index contributed by atoms with van der Waals surface area (Å²) in [6.45, 7) is 7.77. The molecule has 0 saturated carbocycles. The van der Waals surface area contributed by atoms with Gasteiger partial charge in [0.25, 0.3) is 5.78 Å². The lowest BCUT2D eigenvalue weighted by atomic mass is 9.94. The number of carbonyl (C=O) groups is 3. The topological polar surface area (TPSA) is 124 Å². The van der Waals surface area contributed by atoms with Gasteiger partial charge in [-0.1, -0.05) is 37.3 Å². The molecule has 0 radical (unpaired) electrons. The second kappa shape index (κ2) is 13.3. The summed E-state index contributed by atoms with van der Waals surface area (Å²) >= 11 is 0.904. The van der Waals surface area contributed by atoms with Gasteiger partial charge in [0.1, 0.15) is 40.5 Å². The SMILES string of the molecule is C=CCOC(=O)c1sc(N2C(=O)C(=O)/C(=C(/O)c3ccc(OCCCC)cc3)C2c2cc(OC)ccc2OC)nc1C. The van der Waals surface area contributed by atoms with Crippen molar-refractivity contribution in [3.8, 4) is 17.2 Å². The van der Waals surface area contributed by atoms with Crippen LogP contribution >= 0.6 is 11.3 Å². The molecule has 0 bridgehead atoms. The van der Waals surface area contributed by atoms with Crippen LogP contribution in [0, 0.1) is 6.92 Å². The van der Waals surface area contributed by atoms with E-state index in [4.69, 9.17) is 18.9 Å². The average Bonchev–Trinajstić information content (AvgIpc) is 3.51. The third kappa shape index (κ3) is 6.01. The Kier molecular flexibility index (Phi) is 9.64. The van der Waals surface area contributed by atoms with E-state index in [0.29, 0.717) is 40.7 Å². The van der Waals surface area contributed by atoms with Crippen LogP contribution in [-0.4, -0.2) is 55.2 Å². The molecular weight excluding hydrogens is 560 g/mol. The minimum Gasteiger partial charge on any atom is -0.507 e. The molecule has 42 heavy (non-hydrogen) atoms. The summed E-state index contributed by atoms with van der Waals surface area (Å²) in [5, 5.41) is 11.6. The second-order valence-electron chi connectivity index (χ2n) is 9.30. The van der Waals surface area contributed by atoms with E-state index in [0.717, 1.165) is 29.1 Å². The number of Topliss-reactive ketones (excluding diaryl/α,β-unsaturated/α-hetero) is 1. The smallest absolute Gasteiger partial charge is 0.350 e. The molecule has 1 amide bonds. The predicted molar refractivity (Wildman–Crippen MR) is 159 cm³/mol. The maximum atomic E-state index is 13.6. The third-order valence-corrected chi connectivity index (χ3v) is 7.72. The van der Waals surface area contributed by atoms with Crippen LogP contribution in [0.4, 0.5) is 5.13 Å². The molecule has 11 heteroatoms. The van der Waals surface area contributed by atoms with Gasteiger partial charge in [0, 0.05) is 11.1 Å². The molecule has 4 rings (SSSR count). The van der Waals surface area contributed by atoms with Gasteiger partial charge in [-0.25, -0.2) is 9.78 Å². The lowest BCUT2D eigenvalue weighted by Crippen LogP contribution is -2.29. The summed E-state index contributed by atoms with van der Waals surface area (Å²) in [6.07, 6.45) is 3.33. The zero-order valence-electron chi connectivity index (χ0n) is 23.8. The van der Waals surface area contributed by atoms with Gasteiger partial charge < -0.3 is 24.1 Å². The summed E-state index contributed by atoms with van der Waals surface area (Å²) in [4.78, 5) is 45.7. The van der Waals surface area contributed by atoms with E-state index in [-0.39, 0.29) is 27.9 Å². The third-order valence-electron chi connectivity index (χ3n) is 6.58. The van der Waals surface area contributed by atoms with Gasteiger partial charge in [-0.3, -0.25) is 14.5 Å². The zero-order chi connectivity index (χ0) is 30.4. The number of aliphatic hydroxyl groups is 1. The summed E-state index contributed by atoms with van der Waals surface area (Å²) in [6, 6.07) is 10.4.